The highest BCUT2D eigenvalue weighted by atomic mass is 35.5. The fraction of sp³-hybridized carbons (Fsp3) is 0.467. The van der Waals surface area contributed by atoms with E-state index in [1.807, 2.05) is 0 Å². The number of aliphatic hydroxyl groups is 1. The number of hydrogen-bond acceptors (Lipinski definition) is 6. The molecule has 1 aliphatic carbocycles. The summed E-state index contributed by atoms with van der Waals surface area (Å²) in [4.78, 5) is 6.46. The molecule has 0 saturated carbocycles. The number of rotatable bonds is 6. The first kappa shape index (κ1) is 16.9. The fourth-order valence-corrected chi connectivity index (χ4v) is 3.01. The Bertz CT molecular complexity index is 605. The predicted molar refractivity (Wildman–Crippen MR) is 84.4 cm³/mol. The lowest BCUT2D eigenvalue weighted by atomic mass is 10.1. The number of aromatic nitrogens is 2. The van der Waals surface area contributed by atoms with Crippen molar-refractivity contribution in [3.63, 3.8) is 0 Å². The highest BCUT2D eigenvalue weighted by Crippen LogP contribution is 2.35. The summed E-state index contributed by atoms with van der Waals surface area (Å²) >= 11 is 0. The first-order valence-electron chi connectivity index (χ1n) is 7.26. The van der Waals surface area contributed by atoms with Gasteiger partial charge >= 0.3 is 0 Å². The molecule has 6 nitrogen and oxygen atoms in total. The van der Waals surface area contributed by atoms with Crippen LogP contribution in [0.1, 0.15) is 35.3 Å². The van der Waals surface area contributed by atoms with E-state index in [9.17, 15) is 5.11 Å². The van der Waals surface area contributed by atoms with Gasteiger partial charge in [0.25, 0.3) is 0 Å². The fourth-order valence-electron chi connectivity index (χ4n) is 3.01. The van der Waals surface area contributed by atoms with Gasteiger partial charge in [-0.15, -0.1) is 12.4 Å². The van der Waals surface area contributed by atoms with Gasteiger partial charge in [-0.2, -0.15) is 4.98 Å². The SMILES string of the molecule is Cl.NCc1nc(CN(CCO)C2CCc3ccccc32)no1. The van der Waals surface area contributed by atoms with E-state index in [-0.39, 0.29) is 25.6 Å². The van der Waals surface area contributed by atoms with E-state index in [0.717, 1.165) is 12.8 Å². The van der Waals surface area contributed by atoms with Crippen LogP contribution in [0.4, 0.5) is 0 Å². The Balaban J connectivity index is 0.00000176. The van der Waals surface area contributed by atoms with Crippen molar-refractivity contribution in [2.45, 2.75) is 32.0 Å². The number of nitrogens with two attached hydrogens (primary N) is 1. The highest BCUT2D eigenvalue weighted by molar-refractivity contribution is 5.85. The normalized spacial score (nSPS) is 16.6. The van der Waals surface area contributed by atoms with E-state index in [4.69, 9.17) is 10.3 Å². The van der Waals surface area contributed by atoms with Gasteiger partial charge < -0.3 is 15.4 Å². The molecule has 2 aromatic rings. The molecule has 1 aromatic carbocycles. The van der Waals surface area contributed by atoms with Crippen molar-refractivity contribution in [2.75, 3.05) is 13.2 Å². The standard InChI is InChI=1S/C15H20N4O2.ClH/c16-9-15-17-14(18-21-15)10-19(7-8-20)13-6-5-11-3-1-2-4-12(11)13;/h1-4,13,20H,5-10,16H2;1H. The second kappa shape index (κ2) is 7.69. The summed E-state index contributed by atoms with van der Waals surface area (Å²) in [6, 6.07) is 8.78. The molecule has 0 saturated heterocycles. The lowest BCUT2D eigenvalue weighted by molar-refractivity contribution is 0.138. The van der Waals surface area contributed by atoms with Crippen molar-refractivity contribution in [2.24, 2.45) is 5.73 Å². The Labute approximate surface area is 135 Å². The van der Waals surface area contributed by atoms with E-state index in [1.54, 1.807) is 0 Å². The van der Waals surface area contributed by atoms with Crippen molar-refractivity contribution >= 4 is 12.4 Å². The molecule has 0 spiro atoms. The molecule has 0 amide bonds. The van der Waals surface area contributed by atoms with Gasteiger partial charge in [-0.3, -0.25) is 4.90 Å². The van der Waals surface area contributed by atoms with Crippen molar-refractivity contribution in [3.05, 3.63) is 47.1 Å². The van der Waals surface area contributed by atoms with Crippen LogP contribution in [-0.4, -0.2) is 33.3 Å². The molecule has 0 aliphatic heterocycles. The van der Waals surface area contributed by atoms with Gasteiger partial charge in [-0.25, -0.2) is 0 Å². The summed E-state index contributed by atoms with van der Waals surface area (Å²) in [5.41, 5.74) is 8.22. The van der Waals surface area contributed by atoms with Crippen LogP contribution >= 0.6 is 12.4 Å². The Hall–Kier alpha value is -1.47. The molecule has 1 atom stereocenters. The predicted octanol–water partition coefficient (Wildman–Crippen LogP) is 1.43. The summed E-state index contributed by atoms with van der Waals surface area (Å²) in [5, 5.41) is 13.3. The summed E-state index contributed by atoms with van der Waals surface area (Å²) in [6.45, 7) is 1.51. The number of aryl methyl sites for hydroxylation is 1. The van der Waals surface area contributed by atoms with Crippen LogP contribution in [0.15, 0.2) is 28.8 Å². The summed E-state index contributed by atoms with van der Waals surface area (Å²) in [6.07, 6.45) is 2.13. The minimum Gasteiger partial charge on any atom is -0.395 e. The third-order valence-electron chi connectivity index (χ3n) is 3.96. The average molecular weight is 325 g/mol. The molecular weight excluding hydrogens is 304 g/mol. The largest absolute Gasteiger partial charge is 0.395 e. The maximum atomic E-state index is 9.35. The molecular formula is C15H21ClN4O2. The molecule has 0 radical (unpaired) electrons. The molecule has 1 heterocycles. The quantitative estimate of drug-likeness (QED) is 0.835. The molecule has 1 aromatic heterocycles. The average Bonchev–Trinajstić information content (AvgIpc) is 3.13. The zero-order valence-corrected chi connectivity index (χ0v) is 13.1. The molecule has 3 N–H and O–H groups in total. The van der Waals surface area contributed by atoms with Crippen LogP contribution in [0.25, 0.3) is 0 Å². The second-order valence-corrected chi connectivity index (χ2v) is 5.26. The van der Waals surface area contributed by atoms with Gasteiger partial charge in [-0.05, 0) is 24.0 Å². The topological polar surface area (TPSA) is 88.4 Å². The van der Waals surface area contributed by atoms with E-state index >= 15 is 0 Å². The van der Waals surface area contributed by atoms with Gasteiger partial charge in [0, 0.05) is 12.6 Å². The second-order valence-electron chi connectivity index (χ2n) is 5.26. The molecule has 7 heteroatoms. The van der Waals surface area contributed by atoms with Crippen molar-refractivity contribution in [3.8, 4) is 0 Å². The van der Waals surface area contributed by atoms with Crippen LogP contribution in [0.2, 0.25) is 0 Å². The number of aliphatic hydroxyl groups excluding tert-OH is 1. The summed E-state index contributed by atoms with van der Waals surface area (Å²) < 4.78 is 5.05. The Kier molecular flexibility index (Phi) is 5.90. The first-order valence-corrected chi connectivity index (χ1v) is 7.26. The lowest BCUT2D eigenvalue weighted by Crippen LogP contribution is -2.30. The van der Waals surface area contributed by atoms with Crippen molar-refractivity contribution in [1.29, 1.82) is 0 Å². The van der Waals surface area contributed by atoms with Gasteiger partial charge in [0.05, 0.1) is 19.7 Å². The van der Waals surface area contributed by atoms with Crippen molar-refractivity contribution < 1.29 is 9.63 Å². The van der Waals surface area contributed by atoms with Crippen LogP contribution in [0.5, 0.6) is 0 Å². The van der Waals surface area contributed by atoms with E-state index in [0.29, 0.717) is 30.8 Å². The van der Waals surface area contributed by atoms with E-state index in [2.05, 4.69) is 39.3 Å². The minimum absolute atomic E-state index is 0. The highest BCUT2D eigenvalue weighted by Gasteiger charge is 2.28. The molecule has 1 aliphatic rings. The van der Waals surface area contributed by atoms with Crippen LogP contribution in [0, 0.1) is 0 Å². The Morgan fingerprint density at radius 2 is 2.18 bits per heavy atom. The Morgan fingerprint density at radius 1 is 1.36 bits per heavy atom. The van der Waals surface area contributed by atoms with Crippen molar-refractivity contribution in [1.82, 2.24) is 15.0 Å². The molecule has 0 fully saturated rings. The first-order chi connectivity index (χ1) is 10.3. The minimum atomic E-state index is 0. The van der Waals surface area contributed by atoms with E-state index < -0.39 is 0 Å². The smallest absolute Gasteiger partial charge is 0.240 e. The molecule has 1 unspecified atom stereocenters. The summed E-state index contributed by atoms with van der Waals surface area (Å²) in [5.74, 6) is 1.06. The number of hydrogen-bond donors (Lipinski definition) is 2. The monoisotopic (exact) mass is 324 g/mol. The van der Waals surface area contributed by atoms with Crippen LogP contribution < -0.4 is 5.73 Å². The van der Waals surface area contributed by atoms with Gasteiger partial charge in [0.15, 0.2) is 5.82 Å². The zero-order valence-electron chi connectivity index (χ0n) is 12.3. The number of halogens is 1. The number of fused-ring (bicyclic) bond motifs is 1. The maximum Gasteiger partial charge on any atom is 0.240 e. The van der Waals surface area contributed by atoms with Crippen LogP contribution in [0.3, 0.4) is 0 Å². The number of nitrogens with zero attached hydrogens (tertiary/aromatic N) is 3. The van der Waals surface area contributed by atoms with Gasteiger partial charge in [0.2, 0.25) is 5.89 Å². The molecule has 0 bridgehead atoms. The van der Waals surface area contributed by atoms with Crippen LogP contribution in [-0.2, 0) is 19.5 Å². The molecule has 120 valence electrons. The van der Waals surface area contributed by atoms with E-state index in [1.165, 1.54) is 11.1 Å². The lowest BCUT2D eigenvalue weighted by Gasteiger charge is -2.27. The number of benzene rings is 1. The third kappa shape index (κ3) is 3.47. The third-order valence-corrected chi connectivity index (χ3v) is 3.96. The summed E-state index contributed by atoms with van der Waals surface area (Å²) in [7, 11) is 0. The molecule has 22 heavy (non-hydrogen) atoms. The maximum absolute atomic E-state index is 9.35. The Morgan fingerprint density at radius 3 is 2.91 bits per heavy atom. The zero-order chi connectivity index (χ0) is 14.7. The molecule has 3 rings (SSSR count). The van der Waals surface area contributed by atoms with Gasteiger partial charge in [-0.1, -0.05) is 29.4 Å². The van der Waals surface area contributed by atoms with Gasteiger partial charge in [0.1, 0.15) is 0 Å².